The molecule has 31 heavy (non-hydrogen) atoms. The standard InChI is InChI=1S/C23H21N5O3/c24-21-20-19(14-6-8-16(9-7-14)30-15-4-2-1-3-5-15)18-11-10-17(31-23(25)29)12-28(18)22(20)27-13-26-21/h1-9,13,17H,10-12H2,(H2,25,29)(H2,24,26,27)/t17-/m1/s1. The topological polar surface area (TPSA) is 118 Å². The Morgan fingerprint density at radius 2 is 1.77 bits per heavy atom. The highest BCUT2D eigenvalue weighted by molar-refractivity contribution is 6.02. The summed E-state index contributed by atoms with van der Waals surface area (Å²) < 4.78 is 13.2. The van der Waals surface area contributed by atoms with E-state index in [9.17, 15) is 4.79 Å². The lowest BCUT2D eigenvalue weighted by Crippen LogP contribution is -2.31. The predicted molar refractivity (Wildman–Crippen MR) is 117 cm³/mol. The van der Waals surface area contributed by atoms with Crippen LogP contribution in [0.4, 0.5) is 10.6 Å². The Kier molecular flexibility index (Phi) is 4.66. The number of ether oxygens (including phenoxy) is 2. The molecule has 0 spiro atoms. The number of primary amides is 1. The molecule has 1 amide bonds. The van der Waals surface area contributed by atoms with Gasteiger partial charge in [0.05, 0.1) is 11.9 Å². The van der Waals surface area contributed by atoms with Crippen molar-refractivity contribution in [3.05, 3.63) is 66.6 Å². The molecule has 2 aromatic heterocycles. The highest BCUT2D eigenvalue weighted by Gasteiger charge is 2.29. The fraction of sp³-hybridized carbons (Fsp3) is 0.174. The van der Waals surface area contributed by atoms with Crippen LogP contribution in [0.15, 0.2) is 60.9 Å². The minimum Gasteiger partial charge on any atom is -0.457 e. The Balaban J connectivity index is 1.55. The van der Waals surface area contributed by atoms with Gasteiger partial charge in [0.1, 0.15) is 35.4 Å². The zero-order valence-corrected chi connectivity index (χ0v) is 16.7. The lowest BCUT2D eigenvalue weighted by atomic mass is 9.98. The molecule has 1 aliphatic rings. The van der Waals surface area contributed by atoms with Crippen LogP contribution in [0.3, 0.4) is 0 Å². The van der Waals surface area contributed by atoms with Crippen molar-refractivity contribution in [2.45, 2.75) is 25.5 Å². The van der Waals surface area contributed by atoms with Crippen molar-refractivity contribution in [1.29, 1.82) is 0 Å². The summed E-state index contributed by atoms with van der Waals surface area (Å²) >= 11 is 0. The monoisotopic (exact) mass is 415 g/mol. The minimum absolute atomic E-state index is 0.300. The summed E-state index contributed by atoms with van der Waals surface area (Å²) in [4.78, 5) is 19.9. The van der Waals surface area contributed by atoms with E-state index in [1.165, 1.54) is 6.33 Å². The zero-order chi connectivity index (χ0) is 21.4. The normalized spacial score (nSPS) is 15.4. The number of hydrogen-bond acceptors (Lipinski definition) is 6. The van der Waals surface area contributed by atoms with Crippen LogP contribution in [0, 0.1) is 0 Å². The van der Waals surface area contributed by atoms with Gasteiger partial charge < -0.3 is 25.5 Å². The van der Waals surface area contributed by atoms with E-state index < -0.39 is 6.09 Å². The van der Waals surface area contributed by atoms with Gasteiger partial charge in [0.15, 0.2) is 0 Å². The van der Waals surface area contributed by atoms with Gasteiger partial charge in [0.2, 0.25) is 0 Å². The van der Waals surface area contributed by atoms with Crippen LogP contribution >= 0.6 is 0 Å². The number of nitrogens with two attached hydrogens (primary N) is 2. The molecule has 0 bridgehead atoms. The number of nitrogen functional groups attached to an aromatic ring is 1. The summed E-state index contributed by atoms with van der Waals surface area (Å²) in [6.07, 6.45) is 1.75. The summed E-state index contributed by atoms with van der Waals surface area (Å²) in [5.41, 5.74) is 15.3. The number of rotatable bonds is 4. The van der Waals surface area contributed by atoms with Crippen molar-refractivity contribution in [3.8, 4) is 22.6 Å². The molecule has 0 radical (unpaired) electrons. The first-order valence-corrected chi connectivity index (χ1v) is 10.0. The van der Waals surface area contributed by atoms with Gasteiger partial charge in [0, 0.05) is 11.3 Å². The van der Waals surface area contributed by atoms with E-state index in [-0.39, 0.29) is 6.10 Å². The number of carbonyl (C=O) groups excluding carboxylic acids is 1. The van der Waals surface area contributed by atoms with Crippen LogP contribution < -0.4 is 16.2 Å². The van der Waals surface area contributed by atoms with E-state index in [2.05, 4.69) is 9.97 Å². The molecule has 0 saturated heterocycles. The minimum atomic E-state index is -0.770. The summed E-state index contributed by atoms with van der Waals surface area (Å²) in [7, 11) is 0. The molecule has 3 heterocycles. The van der Waals surface area contributed by atoms with E-state index in [1.54, 1.807) is 0 Å². The molecule has 1 atom stereocenters. The highest BCUT2D eigenvalue weighted by Crippen LogP contribution is 2.40. The molecule has 8 nitrogen and oxygen atoms in total. The van der Waals surface area contributed by atoms with Gasteiger partial charge in [-0.25, -0.2) is 14.8 Å². The quantitative estimate of drug-likeness (QED) is 0.522. The second-order valence-corrected chi connectivity index (χ2v) is 7.43. The number of benzene rings is 2. The molecular weight excluding hydrogens is 394 g/mol. The molecule has 2 aromatic carbocycles. The van der Waals surface area contributed by atoms with Crippen molar-refractivity contribution in [2.75, 3.05) is 5.73 Å². The van der Waals surface area contributed by atoms with Crippen LogP contribution in [-0.4, -0.2) is 26.7 Å². The SMILES string of the molecule is NC(=O)O[C@@H]1CCc2c(-c3ccc(Oc4ccccc4)cc3)c3c(N)ncnc3n2C1. The highest BCUT2D eigenvalue weighted by atomic mass is 16.6. The average Bonchev–Trinajstić information content (AvgIpc) is 3.10. The molecule has 1 aliphatic heterocycles. The zero-order valence-electron chi connectivity index (χ0n) is 16.7. The van der Waals surface area contributed by atoms with Gasteiger partial charge in [-0.1, -0.05) is 30.3 Å². The molecule has 0 fully saturated rings. The van der Waals surface area contributed by atoms with Gasteiger partial charge in [-0.15, -0.1) is 0 Å². The van der Waals surface area contributed by atoms with Crippen molar-refractivity contribution in [1.82, 2.24) is 14.5 Å². The third-order valence-corrected chi connectivity index (χ3v) is 5.47. The van der Waals surface area contributed by atoms with Gasteiger partial charge in [-0.3, -0.25) is 0 Å². The fourth-order valence-corrected chi connectivity index (χ4v) is 4.18. The molecule has 8 heteroatoms. The smallest absolute Gasteiger partial charge is 0.404 e. The third-order valence-electron chi connectivity index (χ3n) is 5.47. The lowest BCUT2D eigenvalue weighted by molar-refractivity contribution is 0.0841. The second kappa shape index (κ2) is 7.64. The Bertz CT molecular complexity index is 1250. The van der Waals surface area contributed by atoms with E-state index in [1.807, 2.05) is 59.2 Å². The molecular formula is C23H21N5O3. The molecule has 0 aliphatic carbocycles. The maximum absolute atomic E-state index is 11.2. The van der Waals surface area contributed by atoms with Crippen LogP contribution in [0.5, 0.6) is 11.5 Å². The number of anilines is 1. The average molecular weight is 415 g/mol. The molecule has 4 N–H and O–H groups in total. The summed E-state index contributed by atoms with van der Waals surface area (Å²) in [5.74, 6) is 1.94. The number of nitrogens with zero attached hydrogens (tertiary/aromatic N) is 3. The van der Waals surface area contributed by atoms with Gasteiger partial charge in [-0.2, -0.15) is 0 Å². The summed E-state index contributed by atoms with van der Waals surface area (Å²) in [6, 6.07) is 17.5. The van der Waals surface area contributed by atoms with Crippen LogP contribution in [0.2, 0.25) is 0 Å². The summed E-state index contributed by atoms with van der Waals surface area (Å²) in [6.45, 7) is 0.473. The number of carbonyl (C=O) groups is 1. The molecule has 0 saturated carbocycles. The van der Waals surface area contributed by atoms with Crippen molar-refractivity contribution < 1.29 is 14.3 Å². The Labute approximate surface area is 178 Å². The van der Waals surface area contributed by atoms with E-state index in [0.29, 0.717) is 25.2 Å². The van der Waals surface area contributed by atoms with Gasteiger partial charge in [0.25, 0.3) is 0 Å². The van der Waals surface area contributed by atoms with Crippen LogP contribution in [-0.2, 0) is 17.7 Å². The molecule has 156 valence electrons. The Hall–Kier alpha value is -4.07. The maximum Gasteiger partial charge on any atom is 0.404 e. The fourth-order valence-electron chi connectivity index (χ4n) is 4.18. The van der Waals surface area contributed by atoms with E-state index in [0.717, 1.165) is 39.4 Å². The van der Waals surface area contributed by atoms with Crippen LogP contribution in [0.25, 0.3) is 22.2 Å². The molecule has 4 aromatic rings. The third kappa shape index (κ3) is 3.52. The van der Waals surface area contributed by atoms with Gasteiger partial charge >= 0.3 is 6.09 Å². The number of hydrogen-bond donors (Lipinski definition) is 2. The van der Waals surface area contributed by atoms with Crippen molar-refractivity contribution in [2.24, 2.45) is 5.73 Å². The lowest BCUT2D eigenvalue weighted by Gasteiger charge is -2.25. The van der Waals surface area contributed by atoms with Crippen LogP contribution in [0.1, 0.15) is 12.1 Å². The second-order valence-electron chi connectivity index (χ2n) is 7.43. The van der Waals surface area contributed by atoms with Crippen molar-refractivity contribution in [3.63, 3.8) is 0 Å². The Morgan fingerprint density at radius 1 is 1.03 bits per heavy atom. The van der Waals surface area contributed by atoms with Crippen molar-refractivity contribution >= 4 is 22.9 Å². The van der Waals surface area contributed by atoms with E-state index in [4.69, 9.17) is 20.9 Å². The first-order chi connectivity index (χ1) is 15.1. The van der Waals surface area contributed by atoms with E-state index >= 15 is 0 Å². The summed E-state index contributed by atoms with van der Waals surface area (Å²) in [5, 5.41) is 0.800. The largest absolute Gasteiger partial charge is 0.457 e. The first kappa shape index (κ1) is 18.9. The predicted octanol–water partition coefficient (Wildman–Crippen LogP) is 3.88. The Morgan fingerprint density at radius 3 is 2.52 bits per heavy atom. The number of para-hydroxylation sites is 1. The first-order valence-electron chi connectivity index (χ1n) is 10.0. The molecule has 5 rings (SSSR count). The number of aromatic nitrogens is 3. The van der Waals surface area contributed by atoms with Gasteiger partial charge in [-0.05, 0) is 42.7 Å². The molecule has 0 unspecified atom stereocenters. The maximum atomic E-state index is 11.2. The number of fused-ring (bicyclic) bond motifs is 3. The number of amides is 1.